The molecule has 1 saturated heterocycles. The number of ether oxygens (including phenoxy) is 2. The molecule has 0 aliphatic carbocycles. The number of amides is 1. The van der Waals surface area contributed by atoms with Gasteiger partial charge >= 0.3 is 5.97 Å². The second-order valence-corrected chi connectivity index (χ2v) is 6.74. The van der Waals surface area contributed by atoms with Gasteiger partial charge in [0.2, 0.25) is 0 Å². The Hall–Kier alpha value is -2.64. The SMILES string of the molecule is C[C@H](OC(=O)c1cc(Cl)ccc1F)C(=O)Nc1ccc(N2CCOCC2)cc1. The Balaban J connectivity index is 1.57. The van der Waals surface area contributed by atoms with Gasteiger partial charge in [-0.25, -0.2) is 9.18 Å². The molecule has 6 nitrogen and oxygen atoms in total. The summed E-state index contributed by atoms with van der Waals surface area (Å²) >= 11 is 5.77. The van der Waals surface area contributed by atoms with Crippen molar-refractivity contribution in [2.45, 2.75) is 13.0 Å². The fourth-order valence-electron chi connectivity index (χ4n) is 2.75. The molecule has 1 heterocycles. The molecule has 0 bridgehead atoms. The van der Waals surface area contributed by atoms with E-state index in [4.69, 9.17) is 21.1 Å². The van der Waals surface area contributed by atoms with Gasteiger partial charge in [0.1, 0.15) is 5.82 Å². The smallest absolute Gasteiger partial charge is 0.341 e. The van der Waals surface area contributed by atoms with Gasteiger partial charge in [-0.3, -0.25) is 4.79 Å². The number of carbonyl (C=O) groups is 2. The highest BCUT2D eigenvalue weighted by molar-refractivity contribution is 6.30. The zero-order chi connectivity index (χ0) is 20.1. The average Bonchev–Trinajstić information content (AvgIpc) is 2.71. The highest BCUT2D eigenvalue weighted by Crippen LogP contribution is 2.20. The minimum atomic E-state index is -1.11. The number of hydrogen-bond donors (Lipinski definition) is 1. The first-order chi connectivity index (χ1) is 13.4. The summed E-state index contributed by atoms with van der Waals surface area (Å²) in [5.74, 6) is -2.24. The van der Waals surface area contributed by atoms with Crippen LogP contribution < -0.4 is 10.2 Å². The van der Waals surface area contributed by atoms with Crippen molar-refractivity contribution in [2.75, 3.05) is 36.5 Å². The molecule has 28 heavy (non-hydrogen) atoms. The molecule has 8 heteroatoms. The minimum absolute atomic E-state index is 0.200. The van der Waals surface area contributed by atoms with Crippen LogP contribution in [0.5, 0.6) is 0 Å². The van der Waals surface area contributed by atoms with Crippen molar-refractivity contribution in [1.29, 1.82) is 0 Å². The maximum Gasteiger partial charge on any atom is 0.341 e. The van der Waals surface area contributed by atoms with Crippen LogP contribution in [0.1, 0.15) is 17.3 Å². The predicted octanol–water partition coefficient (Wildman–Crippen LogP) is 3.50. The molecule has 1 fully saturated rings. The van der Waals surface area contributed by atoms with Crippen molar-refractivity contribution in [1.82, 2.24) is 0 Å². The first kappa shape index (κ1) is 20.1. The van der Waals surface area contributed by atoms with Gasteiger partial charge in [-0.2, -0.15) is 0 Å². The Labute approximate surface area is 167 Å². The van der Waals surface area contributed by atoms with Crippen LogP contribution in [0, 0.1) is 5.82 Å². The lowest BCUT2D eigenvalue weighted by atomic mass is 10.2. The molecular formula is C20H20ClFN2O4. The largest absolute Gasteiger partial charge is 0.449 e. The number of rotatable bonds is 5. The van der Waals surface area contributed by atoms with Gasteiger partial charge in [0.15, 0.2) is 6.10 Å². The fourth-order valence-corrected chi connectivity index (χ4v) is 2.92. The Kier molecular flexibility index (Phi) is 6.49. The molecule has 0 radical (unpaired) electrons. The normalized spacial score (nSPS) is 15.0. The zero-order valence-electron chi connectivity index (χ0n) is 15.3. The Morgan fingerprint density at radius 2 is 1.86 bits per heavy atom. The van der Waals surface area contributed by atoms with Crippen LogP contribution in [0.25, 0.3) is 0 Å². The topological polar surface area (TPSA) is 67.9 Å². The number of nitrogens with zero attached hydrogens (tertiary/aromatic N) is 1. The van der Waals surface area contributed by atoms with Crippen LogP contribution in [0.4, 0.5) is 15.8 Å². The van der Waals surface area contributed by atoms with Crippen molar-refractivity contribution in [3.63, 3.8) is 0 Å². The summed E-state index contributed by atoms with van der Waals surface area (Å²) in [6.45, 7) is 4.43. The van der Waals surface area contributed by atoms with Gasteiger partial charge in [0.25, 0.3) is 5.91 Å². The van der Waals surface area contributed by atoms with E-state index in [1.54, 1.807) is 12.1 Å². The lowest BCUT2D eigenvalue weighted by molar-refractivity contribution is -0.123. The van der Waals surface area contributed by atoms with Crippen molar-refractivity contribution >= 4 is 34.9 Å². The molecule has 1 amide bonds. The number of halogens is 2. The molecule has 3 rings (SSSR count). The van der Waals surface area contributed by atoms with Crippen LogP contribution in [-0.4, -0.2) is 44.3 Å². The molecule has 0 unspecified atom stereocenters. The number of benzene rings is 2. The van der Waals surface area contributed by atoms with Gasteiger partial charge in [0, 0.05) is 29.5 Å². The molecule has 1 aliphatic heterocycles. The molecule has 2 aromatic rings. The Morgan fingerprint density at radius 1 is 1.18 bits per heavy atom. The number of esters is 1. The van der Waals surface area contributed by atoms with E-state index < -0.39 is 23.8 Å². The molecule has 0 spiro atoms. The molecule has 1 aliphatic rings. The average molecular weight is 407 g/mol. The zero-order valence-corrected chi connectivity index (χ0v) is 16.0. The van der Waals surface area contributed by atoms with Crippen LogP contribution in [0.15, 0.2) is 42.5 Å². The van der Waals surface area contributed by atoms with Crippen LogP contribution in [-0.2, 0) is 14.3 Å². The molecule has 1 N–H and O–H groups in total. The fraction of sp³-hybridized carbons (Fsp3) is 0.300. The maximum atomic E-state index is 13.7. The van der Waals surface area contributed by atoms with Crippen LogP contribution in [0.3, 0.4) is 0 Å². The van der Waals surface area contributed by atoms with Gasteiger partial charge in [-0.05, 0) is 49.4 Å². The van der Waals surface area contributed by atoms with E-state index in [2.05, 4.69) is 10.2 Å². The highest BCUT2D eigenvalue weighted by Gasteiger charge is 2.21. The summed E-state index contributed by atoms with van der Waals surface area (Å²) < 4.78 is 24.1. The number of hydrogen-bond acceptors (Lipinski definition) is 5. The Bertz CT molecular complexity index is 854. The van der Waals surface area contributed by atoms with Gasteiger partial charge < -0.3 is 19.7 Å². The van der Waals surface area contributed by atoms with Crippen molar-refractivity contribution in [2.24, 2.45) is 0 Å². The molecule has 1 atom stereocenters. The number of nitrogens with one attached hydrogen (secondary N) is 1. The molecule has 0 saturated carbocycles. The molecular weight excluding hydrogens is 387 g/mol. The summed E-state index contributed by atoms with van der Waals surface area (Å²) in [6, 6.07) is 10.9. The van der Waals surface area contributed by atoms with Crippen molar-refractivity contribution in [3.05, 3.63) is 58.9 Å². The highest BCUT2D eigenvalue weighted by atomic mass is 35.5. The van der Waals surface area contributed by atoms with Crippen molar-refractivity contribution in [3.8, 4) is 0 Å². The quantitative estimate of drug-likeness (QED) is 0.770. The van der Waals surface area contributed by atoms with E-state index in [0.717, 1.165) is 30.9 Å². The second kappa shape index (κ2) is 9.03. The first-order valence-corrected chi connectivity index (χ1v) is 9.21. The number of anilines is 2. The third kappa shape index (κ3) is 4.99. The van der Waals surface area contributed by atoms with E-state index in [-0.39, 0.29) is 10.6 Å². The lowest BCUT2D eigenvalue weighted by Gasteiger charge is -2.28. The summed E-state index contributed by atoms with van der Waals surface area (Å²) in [6.07, 6.45) is -1.11. The molecule has 2 aromatic carbocycles. The summed E-state index contributed by atoms with van der Waals surface area (Å²) in [5.41, 5.74) is 1.29. The van der Waals surface area contributed by atoms with E-state index in [0.29, 0.717) is 18.9 Å². The maximum absolute atomic E-state index is 13.7. The van der Waals surface area contributed by atoms with E-state index >= 15 is 0 Å². The lowest BCUT2D eigenvalue weighted by Crippen LogP contribution is -2.36. The van der Waals surface area contributed by atoms with E-state index in [1.165, 1.54) is 13.0 Å². The molecule has 0 aromatic heterocycles. The van der Waals surface area contributed by atoms with Crippen LogP contribution >= 0.6 is 11.6 Å². The van der Waals surface area contributed by atoms with E-state index in [9.17, 15) is 14.0 Å². The number of morpholine rings is 1. The number of carbonyl (C=O) groups excluding carboxylic acids is 2. The minimum Gasteiger partial charge on any atom is -0.449 e. The van der Waals surface area contributed by atoms with Gasteiger partial charge in [0.05, 0.1) is 18.8 Å². The summed E-state index contributed by atoms with van der Waals surface area (Å²) in [4.78, 5) is 26.6. The summed E-state index contributed by atoms with van der Waals surface area (Å²) in [7, 11) is 0. The van der Waals surface area contributed by atoms with E-state index in [1.807, 2.05) is 12.1 Å². The van der Waals surface area contributed by atoms with Gasteiger partial charge in [-0.15, -0.1) is 0 Å². The standard InChI is InChI=1S/C20H20ClFN2O4/c1-13(28-20(26)17-12-14(21)2-7-18(17)22)19(25)23-15-3-5-16(6-4-15)24-8-10-27-11-9-24/h2-7,12-13H,8-11H2,1H3,(H,23,25)/t13-/m0/s1. The Morgan fingerprint density at radius 3 is 2.54 bits per heavy atom. The molecule has 148 valence electrons. The third-order valence-electron chi connectivity index (χ3n) is 4.31. The van der Waals surface area contributed by atoms with Crippen molar-refractivity contribution < 1.29 is 23.5 Å². The first-order valence-electron chi connectivity index (χ1n) is 8.83. The summed E-state index contributed by atoms with van der Waals surface area (Å²) in [5, 5.41) is 2.88. The second-order valence-electron chi connectivity index (χ2n) is 6.31. The predicted molar refractivity (Wildman–Crippen MR) is 104 cm³/mol. The van der Waals surface area contributed by atoms with Crippen LogP contribution in [0.2, 0.25) is 5.02 Å². The third-order valence-corrected chi connectivity index (χ3v) is 4.55. The monoisotopic (exact) mass is 406 g/mol. The van der Waals surface area contributed by atoms with Gasteiger partial charge in [-0.1, -0.05) is 11.6 Å².